The fraction of sp³-hybridized carbons (Fsp3) is 0.625. The highest BCUT2D eigenvalue weighted by Gasteiger charge is 2.52. The van der Waals surface area contributed by atoms with Crippen molar-refractivity contribution < 1.29 is 20.0 Å². The van der Waals surface area contributed by atoms with Crippen LogP contribution in [0.15, 0.2) is 18.3 Å². The molecule has 1 fully saturated rings. The third-order valence-electron chi connectivity index (χ3n) is 4.37. The maximum atomic E-state index is 12.2. The summed E-state index contributed by atoms with van der Waals surface area (Å²) in [5.41, 5.74) is 4.54. The number of quaternary nitrogens is 1. The van der Waals surface area contributed by atoms with E-state index in [4.69, 9.17) is 9.47 Å². The van der Waals surface area contributed by atoms with Crippen molar-refractivity contribution in [3.8, 4) is 5.88 Å². The van der Waals surface area contributed by atoms with E-state index >= 15 is 0 Å². The molecule has 0 radical (unpaired) electrons. The van der Waals surface area contributed by atoms with Crippen molar-refractivity contribution in [3.05, 3.63) is 23.9 Å². The van der Waals surface area contributed by atoms with E-state index in [0.29, 0.717) is 19.0 Å². The van der Waals surface area contributed by atoms with Gasteiger partial charge in [0.05, 0.1) is 5.56 Å². The summed E-state index contributed by atoms with van der Waals surface area (Å²) in [6, 6.07) is 3.99. The molecule has 1 amide bonds. The van der Waals surface area contributed by atoms with Crippen molar-refractivity contribution >= 4 is 6.09 Å². The lowest BCUT2D eigenvalue weighted by Crippen LogP contribution is -2.66. The van der Waals surface area contributed by atoms with E-state index in [2.05, 4.69) is 10.7 Å². The number of fused-ring (bicyclic) bond motifs is 1. The minimum atomic E-state index is -0.467. The molecular weight excluding hydrogens is 282 g/mol. The molecule has 22 heavy (non-hydrogen) atoms. The Labute approximate surface area is 130 Å². The van der Waals surface area contributed by atoms with E-state index in [1.54, 1.807) is 11.1 Å². The number of carbonyl (C=O) groups is 1. The van der Waals surface area contributed by atoms with Crippen LogP contribution in [0.4, 0.5) is 4.79 Å². The first kappa shape index (κ1) is 15.1. The summed E-state index contributed by atoms with van der Waals surface area (Å²) >= 11 is 0. The number of likely N-dealkylation sites (tertiary alicyclic amines) is 1. The first-order valence-corrected chi connectivity index (χ1v) is 7.76. The fourth-order valence-electron chi connectivity index (χ4n) is 3.15. The number of carbonyl (C=O) groups excluding carboxylic acids is 1. The molecule has 6 heteroatoms. The van der Waals surface area contributed by atoms with Gasteiger partial charge in [0.1, 0.15) is 5.60 Å². The van der Waals surface area contributed by atoms with E-state index in [9.17, 15) is 4.79 Å². The lowest BCUT2D eigenvalue weighted by molar-refractivity contribution is -0.454. The monoisotopic (exact) mass is 306 g/mol. The van der Waals surface area contributed by atoms with Crippen LogP contribution in [0.3, 0.4) is 0 Å². The Morgan fingerprint density at radius 3 is 2.73 bits per heavy atom. The van der Waals surface area contributed by atoms with E-state index in [-0.39, 0.29) is 17.7 Å². The molecule has 0 saturated carbocycles. The summed E-state index contributed by atoms with van der Waals surface area (Å²) in [6.45, 7) is 6.88. The summed E-state index contributed by atoms with van der Waals surface area (Å²) in [6.07, 6.45) is 2.98. The van der Waals surface area contributed by atoms with Crippen molar-refractivity contribution in [2.45, 2.75) is 50.9 Å². The minimum Gasteiger partial charge on any atom is -0.464 e. The number of piperidine rings is 1. The van der Waals surface area contributed by atoms with Crippen LogP contribution in [0.2, 0.25) is 0 Å². The molecule has 120 valence electrons. The molecule has 1 spiro atoms. The average Bonchev–Trinajstić information content (AvgIpc) is 2.71. The summed E-state index contributed by atoms with van der Waals surface area (Å²) in [5.74, 6) is 0.688. The normalized spacial score (nSPS) is 23.1. The minimum absolute atomic E-state index is 0.0528. The zero-order valence-electron chi connectivity index (χ0n) is 13.5. The zero-order chi connectivity index (χ0) is 16.0. The predicted molar refractivity (Wildman–Crippen MR) is 80.3 cm³/mol. The van der Waals surface area contributed by atoms with Crippen LogP contribution < -0.4 is 10.5 Å². The van der Waals surface area contributed by atoms with Crippen LogP contribution in [-0.2, 0) is 4.74 Å². The summed E-state index contributed by atoms with van der Waals surface area (Å²) in [5, 5.41) is 0. The van der Waals surface area contributed by atoms with Gasteiger partial charge in [-0.05, 0) is 32.9 Å². The van der Waals surface area contributed by atoms with E-state index < -0.39 is 5.60 Å². The van der Waals surface area contributed by atoms with E-state index in [0.717, 1.165) is 18.4 Å². The number of hydrogen-bond donors (Lipinski definition) is 1. The number of aromatic nitrogens is 1. The van der Waals surface area contributed by atoms with Gasteiger partial charge in [0.2, 0.25) is 5.88 Å². The standard InChI is InChI=1S/C16H23N3O3/c1-15(2,3)22-14(20)19-9-6-16(7-10-19)12(17)11-5-4-8-18-13(11)21-16/h4-5,8,12H,6-7,9-10,17H2,1-3H3/p+1. The molecule has 3 heterocycles. The Kier molecular flexibility index (Phi) is 3.51. The lowest BCUT2D eigenvalue weighted by Gasteiger charge is -2.39. The molecule has 1 saturated heterocycles. The third-order valence-corrected chi connectivity index (χ3v) is 4.37. The second kappa shape index (κ2) is 5.12. The van der Waals surface area contributed by atoms with Crippen LogP contribution in [0.25, 0.3) is 0 Å². The molecule has 0 aromatic carbocycles. The SMILES string of the molecule is CC(C)(C)OC(=O)N1CCC2(CC1)Oc1ncccc1C2[NH3+]. The number of ether oxygens (including phenoxy) is 2. The van der Waals surface area contributed by atoms with Crippen molar-refractivity contribution in [2.24, 2.45) is 0 Å². The van der Waals surface area contributed by atoms with Crippen molar-refractivity contribution in [3.63, 3.8) is 0 Å². The Morgan fingerprint density at radius 1 is 1.45 bits per heavy atom. The van der Waals surface area contributed by atoms with Gasteiger partial charge in [-0.3, -0.25) is 0 Å². The van der Waals surface area contributed by atoms with Gasteiger partial charge in [0.25, 0.3) is 0 Å². The van der Waals surface area contributed by atoms with Gasteiger partial charge in [-0.15, -0.1) is 0 Å². The predicted octanol–water partition coefficient (Wildman–Crippen LogP) is 1.53. The van der Waals surface area contributed by atoms with E-state index in [1.807, 2.05) is 32.9 Å². The molecule has 0 aliphatic carbocycles. The number of hydrogen-bond acceptors (Lipinski definition) is 4. The molecule has 3 N–H and O–H groups in total. The number of amides is 1. The fourth-order valence-corrected chi connectivity index (χ4v) is 3.15. The van der Waals surface area contributed by atoms with Gasteiger partial charge in [-0.2, -0.15) is 0 Å². The topological polar surface area (TPSA) is 79.3 Å². The van der Waals surface area contributed by atoms with Crippen molar-refractivity contribution in [1.29, 1.82) is 0 Å². The molecule has 1 aromatic rings. The van der Waals surface area contributed by atoms with Crippen molar-refractivity contribution in [1.82, 2.24) is 9.88 Å². The lowest BCUT2D eigenvalue weighted by atomic mass is 9.83. The Morgan fingerprint density at radius 2 is 2.14 bits per heavy atom. The number of nitrogens with zero attached hydrogens (tertiary/aromatic N) is 2. The molecule has 2 aliphatic rings. The molecule has 1 unspecified atom stereocenters. The Bertz CT molecular complexity index is 574. The smallest absolute Gasteiger partial charge is 0.410 e. The maximum absolute atomic E-state index is 12.2. The average molecular weight is 306 g/mol. The summed E-state index contributed by atoms with van der Waals surface area (Å²) in [4.78, 5) is 18.2. The summed E-state index contributed by atoms with van der Waals surface area (Å²) < 4.78 is 11.6. The molecular formula is C16H24N3O3+. The molecule has 1 atom stereocenters. The van der Waals surface area contributed by atoms with Crippen LogP contribution in [0.5, 0.6) is 5.88 Å². The van der Waals surface area contributed by atoms with Gasteiger partial charge in [0.15, 0.2) is 11.6 Å². The number of rotatable bonds is 0. The molecule has 3 rings (SSSR count). The summed E-state index contributed by atoms with van der Waals surface area (Å²) in [7, 11) is 0. The quantitative estimate of drug-likeness (QED) is 0.788. The Balaban J connectivity index is 1.67. The van der Waals surface area contributed by atoms with Gasteiger partial charge >= 0.3 is 6.09 Å². The Hall–Kier alpha value is -1.82. The second-order valence-electron chi connectivity index (χ2n) is 7.08. The molecule has 1 aromatic heterocycles. The zero-order valence-corrected chi connectivity index (χ0v) is 13.5. The van der Waals surface area contributed by atoms with E-state index in [1.165, 1.54) is 0 Å². The highest BCUT2D eigenvalue weighted by molar-refractivity contribution is 5.68. The molecule has 6 nitrogen and oxygen atoms in total. The first-order valence-electron chi connectivity index (χ1n) is 7.76. The second-order valence-corrected chi connectivity index (χ2v) is 7.08. The largest absolute Gasteiger partial charge is 0.464 e. The van der Waals surface area contributed by atoms with Gasteiger partial charge in [-0.1, -0.05) is 0 Å². The van der Waals surface area contributed by atoms with Gasteiger partial charge in [-0.25, -0.2) is 9.78 Å². The van der Waals surface area contributed by atoms with Crippen LogP contribution in [-0.4, -0.2) is 40.3 Å². The molecule has 0 bridgehead atoms. The van der Waals surface area contributed by atoms with Crippen molar-refractivity contribution in [2.75, 3.05) is 13.1 Å². The molecule has 2 aliphatic heterocycles. The highest BCUT2D eigenvalue weighted by atomic mass is 16.6. The highest BCUT2D eigenvalue weighted by Crippen LogP contribution is 2.44. The van der Waals surface area contributed by atoms with Crippen LogP contribution >= 0.6 is 0 Å². The third kappa shape index (κ3) is 2.63. The number of pyridine rings is 1. The van der Waals surface area contributed by atoms with Gasteiger partial charge in [0, 0.05) is 32.1 Å². The maximum Gasteiger partial charge on any atom is 0.410 e. The van der Waals surface area contributed by atoms with Crippen LogP contribution in [0, 0.1) is 0 Å². The first-order chi connectivity index (χ1) is 10.3. The van der Waals surface area contributed by atoms with Gasteiger partial charge < -0.3 is 20.1 Å². The van der Waals surface area contributed by atoms with Crippen LogP contribution in [0.1, 0.15) is 45.2 Å².